The molecular weight excluding hydrogens is 212 g/mol. The minimum absolute atomic E-state index is 0.0950. The second-order valence-corrected chi connectivity index (χ2v) is 2.97. The van der Waals surface area contributed by atoms with Crippen molar-refractivity contribution in [3.63, 3.8) is 0 Å². The topological polar surface area (TPSA) is 96.7 Å². The number of carbonyl (C=O) groups is 1. The zero-order valence-electron chi connectivity index (χ0n) is 9.23. The van der Waals surface area contributed by atoms with Gasteiger partial charge in [-0.05, 0) is 5.92 Å². The van der Waals surface area contributed by atoms with Crippen LogP contribution in [0.25, 0.3) is 0 Å². The molecule has 88 valence electrons. The number of hydrogen-bond donors (Lipinski definition) is 1. The number of esters is 1. The van der Waals surface area contributed by atoms with Crippen molar-refractivity contribution in [1.82, 2.24) is 0 Å². The lowest BCUT2D eigenvalue weighted by molar-refractivity contribution is -0.138. The first-order chi connectivity index (χ1) is 7.53. The second kappa shape index (κ2) is 11.0. The van der Waals surface area contributed by atoms with Crippen LogP contribution in [0.15, 0.2) is 17.6 Å². The van der Waals surface area contributed by atoms with E-state index in [9.17, 15) is 9.59 Å². The maximum Gasteiger partial charge on any atom is 0.330 e. The summed E-state index contributed by atoms with van der Waals surface area (Å²) in [5, 5.41) is 5.40. The highest BCUT2D eigenvalue weighted by atomic mass is 16.5. The predicted octanol–water partition coefficient (Wildman–Crippen LogP) is 0.977. The molecule has 0 amide bonds. The molecule has 0 bridgehead atoms. The van der Waals surface area contributed by atoms with E-state index in [1.807, 2.05) is 13.8 Å². The van der Waals surface area contributed by atoms with Gasteiger partial charge in [0.25, 0.3) is 0 Å². The number of carbonyl (C=O) groups excluding carboxylic acids is 3. The highest BCUT2D eigenvalue weighted by Crippen LogP contribution is 2.06. The summed E-state index contributed by atoms with van der Waals surface area (Å²) in [4.78, 5) is 32.5. The van der Waals surface area contributed by atoms with Crippen LogP contribution >= 0.6 is 0 Å². The van der Waals surface area contributed by atoms with Gasteiger partial charge in [-0.3, -0.25) is 0 Å². The molecule has 1 unspecified atom stereocenters. The lowest BCUT2D eigenvalue weighted by Crippen LogP contribution is -2.21. The number of isocyanates is 2. The molecule has 0 aromatic rings. The third-order valence-electron chi connectivity index (χ3n) is 1.55. The minimum Gasteiger partial charge on any atom is -0.460 e. The summed E-state index contributed by atoms with van der Waals surface area (Å²) in [5.74, 6) is -0.370. The van der Waals surface area contributed by atoms with E-state index in [1.165, 1.54) is 6.08 Å². The van der Waals surface area contributed by atoms with Gasteiger partial charge in [0, 0.05) is 6.08 Å². The van der Waals surface area contributed by atoms with Crippen molar-refractivity contribution in [2.75, 3.05) is 6.61 Å². The molecule has 0 rings (SSSR count). The molecule has 6 nitrogen and oxygen atoms in total. The van der Waals surface area contributed by atoms with E-state index < -0.39 is 5.97 Å². The van der Waals surface area contributed by atoms with Crippen LogP contribution in [0.5, 0.6) is 0 Å². The van der Waals surface area contributed by atoms with Crippen LogP contribution in [0.3, 0.4) is 0 Å². The maximum atomic E-state index is 10.7. The van der Waals surface area contributed by atoms with Crippen LogP contribution in [0.2, 0.25) is 0 Å². The molecule has 0 aliphatic rings. The van der Waals surface area contributed by atoms with Gasteiger partial charge in [-0.25, -0.2) is 19.8 Å². The summed E-state index contributed by atoms with van der Waals surface area (Å²) in [6, 6.07) is -0.318. The number of ether oxygens (including phenoxy) is 1. The Balaban J connectivity index is 0. The molecule has 0 saturated carbocycles. The Hall–Kier alpha value is -2.03. The van der Waals surface area contributed by atoms with Crippen LogP contribution in [0.1, 0.15) is 13.8 Å². The maximum absolute atomic E-state index is 10.7. The molecule has 16 heavy (non-hydrogen) atoms. The third-order valence-corrected chi connectivity index (χ3v) is 1.55. The van der Waals surface area contributed by atoms with Gasteiger partial charge in [-0.1, -0.05) is 20.4 Å². The number of aliphatic imine (C=N–C) groups is 1. The Kier molecular flexibility index (Phi) is 11.3. The van der Waals surface area contributed by atoms with Gasteiger partial charge in [0.2, 0.25) is 12.2 Å². The summed E-state index contributed by atoms with van der Waals surface area (Å²) in [6.45, 7) is 7.11. The summed E-state index contributed by atoms with van der Waals surface area (Å²) in [6.07, 6.45) is 3.27. The van der Waals surface area contributed by atoms with Crippen molar-refractivity contribution >= 4 is 18.1 Å². The van der Waals surface area contributed by atoms with Crippen molar-refractivity contribution in [3.05, 3.63) is 12.7 Å². The van der Waals surface area contributed by atoms with Crippen molar-refractivity contribution in [2.45, 2.75) is 19.9 Å². The smallest absolute Gasteiger partial charge is 0.330 e. The number of nitrogens with one attached hydrogen (secondary N) is 1. The lowest BCUT2D eigenvalue weighted by Gasteiger charge is -2.13. The molecule has 0 aromatic carbocycles. The van der Waals surface area contributed by atoms with E-state index in [0.29, 0.717) is 0 Å². The molecule has 0 aliphatic carbocycles. The average Bonchev–Trinajstić information content (AvgIpc) is 2.24. The standard InChI is InChI=1S/C9H13NO3.CHNO/c1-4-9(12)13-5-8(7(2)3)10-6-11;2-1-3/h4,7-8H,1,5H2,2-3H3;2H. The van der Waals surface area contributed by atoms with Crippen LogP contribution in [-0.2, 0) is 19.1 Å². The highest BCUT2D eigenvalue weighted by Gasteiger charge is 2.13. The number of hydrogen-bond acceptors (Lipinski definition) is 6. The normalized spacial score (nSPS) is 9.94. The highest BCUT2D eigenvalue weighted by molar-refractivity contribution is 5.81. The molecule has 0 aliphatic heterocycles. The molecule has 0 spiro atoms. The Labute approximate surface area is 93.5 Å². The van der Waals surface area contributed by atoms with Gasteiger partial charge in [0.05, 0.1) is 6.04 Å². The Bertz CT molecular complexity index is 300. The second-order valence-electron chi connectivity index (χ2n) is 2.97. The predicted molar refractivity (Wildman–Crippen MR) is 56.3 cm³/mol. The molecule has 0 heterocycles. The molecule has 1 N–H and O–H groups in total. The Morgan fingerprint density at radius 2 is 2.06 bits per heavy atom. The van der Waals surface area contributed by atoms with E-state index in [2.05, 4.69) is 11.6 Å². The molecule has 6 heteroatoms. The van der Waals surface area contributed by atoms with E-state index in [1.54, 1.807) is 0 Å². The van der Waals surface area contributed by atoms with Crippen molar-refractivity contribution in [2.24, 2.45) is 10.9 Å². The van der Waals surface area contributed by atoms with Crippen LogP contribution in [-0.4, -0.2) is 30.8 Å². The molecular formula is C10H14N2O4. The zero-order chi connectivity index (χ0) is 13.0. The van der Waals surface area contributed by atoms with E-state index in [4.69, 9.17) is 14.9 Å². The van der Waals surface area contributed by atoms with Gasteiger partial charge >= 0.3 is 5.97 Å². The first kappa shape index (κ1) is 16.4. The van der Waals surface area contributed by atoms with Crippen molar-refractivity contribution < 1.29 is 19.1 Å². The van der Waals surface area contributed by atoms with Crippen molar-refractivity contribution in [3.8, 4) is 0 Å². The summed E-state index contributed by atoms with van der Waals surface area (Å²) < 4.78 is 4.74. The van der Waals surface area contributed by atoms with E-state index in [0.717, 1.165) is 12.2 Å². The van der Waals surface area contributed by atoms with Gasteiger partial charge in [-0.15, -0.1) is 0 Å². The number of rotatable bonds is 5. The fourth-order valence-corrected chi connectivity index (χ4v) is 0.673. The fourth-order valence-electron chi connectivity index (χ4n) is 0.673. The third kappa shape index (κ3) is 10.1. The van der Waals surface area contributed by atoms with Crippen LogP contribution in [0, 0.1) is 11.3 Å². The summed E-state index contributed by atoms with van der Waals surface area (Å²) in [5.41, 5.74) is 0. The monoisotopic (exact) mass is 226 g/mol. The van der Waals surface area contributed by atoms with Crippen LogP contribution < -0.4 is 0 Å². The minimum atomic E-state index is -0.508. The van der Waals surface area contributed by atoms with Crippen molar-refractivity contribution in [1.29, 1.82) is 5.41 Å². The van der Waals surface area contributed by atoms with E-state index in [-0.39, 0.29) is 18.6 Å². The lowest BCUT2D eigenvalue weighted by atomic mass is 10.1. The molecule has 0 aromatic heterocycles. The molecule has 0 saturated heterocycles. The van der Waals surface area contributed by atoms with Gasteiger partial charge in [0.1, 0.15) is 6.61 Å². The first-order valence-corrected chi connectivity index (χ1v) is 4.43. The van der Waals surface area contributed by atoms with Gasteiger partial charge in [-0.2, -0.15) is 4.99 Å². The molecule has 0 fully saturated rings. The quantitative estimate of drug-likeness (QED) is 0.327. The largest absolute Gasteiger partial charge is 0.460 e. The fraction of sp³-hybridized carbons (Fsp3) is 0.500. The zero-order valence-corrected chi connectivity index (χ0v) is 9.23. The summed E-state index contributed by atoms with van der Waals surface area (Å²) >= 11 is 0. The van der Waals surface area contributed by atoms with Crippen LogP contribution in [0.4, 0.5) is 0 Å². The SMILES string of the molecule is C=CC(=O)OCC(N=C=O)C(C)C.N=C=O. The average molecular weight is 226 g/mol. The Morgan fingerprint density at radius 1 is 1.56 bits per heavy atom. The number of nitrogens with zero attached hydrogens (tertiary/aromatic N) is 1. The van der Waals surface area contributed by atoms with E-state index >= 15 is 0 Å². The molecule has 0 radical (unpaired) electrons. The molecule has 1 atom stereocenters. The summed E-state index contributed by atoms with van der Waals surface area (Å²) in [7, 11) is 0. The van der Waals surface area contributed by atoms with Gasteiger partial charge < -0.3 is 4.74 Å². The van der Waals surface area contributed by atoms with Gasteiger partial charge in [0.15, 0.2) is 0 Å². The Morgan fingerprint density at radius 3 is 2.38 bits per heavy atom. The first-order valence-electron chi connectivity index (χ1n) is 4.43.